The Bertz CT molecular complexity index is 1710. The Morgan fingerprint density at radius 3 is 1.33 bits per heavy atom. The van der Waals surface area contributed by atoms with Crippen LogP contribution in [0.3, 0.4) is 0 Å². The van der Waals surface area contributed by atoms with E-state index in [-0.39, 0.29) is 61.8 Å². The molecule has 0 aromatic heterocycles. The average Bonchev–Trinajstić information content (AvgIpc) is 3.72. The maximum absolute atomic E-state index is 2.99. The van der Waals surface area contributed by atoms with Gasteiger partial charge in [-0.1, -0.05) is 121 Å². The standard InChI is InChI=1S/C35H37.C6H11.C5H5.2ClH.Zr/c1-22-13-9-11-15-26(22)30-18-24-17-25-19-31(27-16-12-10-14-23(27)2)33(35(6,7)8)21-29(25)28(24)20-32(30)34(3,4)5;1-2-4-6-5-3-1;1-2-4-5-3-1;;;/h9-21H,1-8H3;1H,2-6H2;1-3H,4H2;2*1H;/q3*-1;;;+2/p-2. The van der Waals surface area contributed by atoms with Gasteiger partial charge in [0.2, 0.25) is 0 Å². The zero-order valence-electron chi connectivity index (χ0n) is 30.8. The first-order chi connectivity index (χ1) is 21.9. The van der Waals surface area contributed by atoms with Crippen molar-refractivity contribution >= 4 is 21.5 Å². The van der Waals surface area contributed by atoms with Gasteiger partial charge in [-0.25, -0.2) is 12.2 Å². The van der Waals surface area contributed by atoms with Crippen LogP contribution in [0.25, 0.3) is 43.8 Å². The van der Waals surface area contributed by atoms with E-state index in [9.17, 15) is 0 Å². The number of halogens is 2. The molecule has 0 spiro atoms. The third-order valence-corrected chi connectivity index (χ3v) is 9.37. The van der Waals surface area contributed by atoms with Crippen molar-refractivity contribution in [1.29, 1.82) is 0 Å². The summed E-state index contributed by atoms with van der Waals surface area (Å²) in [6.07, 6.45) is 19.5. The first-order valence-electron chi connectivity index (χ1n) is 17.3. The number of benzene rings is 4. The van der Waals surface area contributed by atoms with Crippen LogP contribution in [0.2, 0.25) is 0 Å². The van der Waals surface area contributed by atoms with E-state index in [4.69, 9.17) is 0 Å². The third-order valence-electron chi connectivity index (χ3n) is 9.37. The molecule has 1 saturated carbocycles. The fourth-order valence-corrected chi connectivity index (χ4v) is 6.78. The van der Waals surface area contributed by atoms with Crippen LogP contribution in [0.4, 0.5) is 0 Å². The van der Waals surface area contributed by atoms with Gasteiger partial charge in [0, 0.05) is 0 Å². The van der Waals surface area contributed by atoms with Gasteiger partial charge in [-0.3, -0.25) is 6.08 Å². The molecule has 0 bridgehead atoms. The molecular weight excluding hydrogens is 715 g/mol. The van der Waals surface area contributed by atoms with Gasteiger partial charge in [0.25, 0.3) is 0 Å². The monoisotopic (exact) mass is 765 g/mol. The predicted octanol–water partition coefficient (Wildman–Crippen LogP) is 7.72. The minimum absolute atomic E-state index is 0. The van der Waals surface area contributed by atoms with Crippen molar-refractivity contribution in [3.05, 3.63) is 132 Å². The molecule has 49 heavy (non-hydrogen) atoms. The molecule has 258 valence electrons. The van der Waals surface area contributed by atoms with E-state index in [1.54, 1.807) is 0 Å². The molecule has 0 amide bonds. The molecule has 0 N–H and O–H groups in total. The van der Waals surface area contributed by atoms with Crippen LogP contribution in [0, 0.1) is 26.3 Å². The molecule has 0 saturated heterocycles. The summed E-state index contributed by atoms with van der Waals surface area (Å²) in [5.41, 5.74) is 10.9. The van der Waals surface area contributed by atoms with Crippen molar-refractivity contribution in [2.75, 3.05) is 0 Å². The van der Waals surface area contributed by atoms with Crippen molar-refractivity contribution < 1.29 is 51.0 Å². The van der Waals surface area contributed by atoms with Gasteiger partial charge >= 0.3 is 26.2 Å². The van der Waals surface area contributed by atoms with E-state index >= 15 is 0 Å². The summed E-state index contributed by atoms with van der Waals surface area (Å²) in [5.74, 6) is 0. The van der Waals surface area contributed by atoms with E-state index in [1.165, 1.54) is 98.2 Å². The molecule has 0 aliphatic heterocycles. The summed E-state index contributed by atoms with van der Waals surface area (Å²) in [6.45, 7) is 18.4. The molecule has 0 radical (unpaired) electrons. The molecule has 7 rings (SSSR count). The van der Waals surface area contributed by atoms with E-state index in [0.29, 0.717) is 0 Å². The molecule has 0 unspecified atom stereocenters. The first-order valence-corrected chi connectivity index (χ1v) is 17.3. The van der Waals surface area contributed by atoms with Crippen molar-refractivity contribution in [2.24, 2.45) is 0 Å². The number of hydrogen-bond donors (Lipinski definition) is 0. The summed E-state index contributed by atoms with van der Waals surface area (Å²) in [5, 5.41) is 5.38. The van der Waals surface area contributed by atoms with Gasteiger partial charge < -0.3 is 31.2 Å². The zero-order chi connectivity index (χ0) is 32.9. The Morgan fingerprint density at radius 1 is 0.592 bits per heavy atom. The molecule has 0 heterocycles. The molecule has 0 nitrogen and oxygen atoms in total. The van der Waals surface area contributed by atoms with Crippen molar-refractivity contribution in [2.45, 2.75) is 105 Å². The second-order valence-electron chi connectivity index (χ2n) is 15.2. The zero-order valence-corrected chi connectivity index (χ0v) is 34.8. The number of allylic oxidation sites excluding steroid dienone is 4. The van der Waals surface area contributed by atoms with E-state index < -0.39 is 0 Å². The Morgan fingerprint density at radius 2 is 1.04 bits per heavy atom. The van der Waals surface area contributed by atoms with Gasteiger partial charge in [0.05, 0.1) is 0 Å². The quantitative estimate of drug-likeness (QED) is 0.162. The van der Waals surface area contributed by atoms with E-state index in [2.05, 4.69) is 153 Å². The minimum atomic E-state index is 0. The number of fused-ring (bicyclic) bond motifs is 3. The Labute approximate surface area is 329 Å². The van der Waals surface area contributed by atoms with Gasteiger partial charge in [-0.05, 0) is 69.2 Å². The normalized spacial score (nSPS) is 13.7. The van der Waals surface area contributed by atoms with Gasteiger partial charge in [0.1, 0.15) is 0 Å². The van der Waals surface area contributed by atoms with Crippen LogP contribution in [0.1, 0.15) is 102 Å². The van der Waals surface area contributed by atoms with Crippen molar-refractivity contribution in [3.63, 3.8) is 0 Å². The maximum Gasteiger partial charge on any atom is 2.00 e. The fourth-order valence-electron chi connectivity index (χ4n) is 6.78. The largest absolute Gasteiger partial charge is 2.00 e. The van der Waals surface area contributed by atoms with Crippen LogP contribution in [-0.4, -0.2) is 0 Å². The van der Waals surface area contributed by atoms with Gasteiger partial charge in [0.15, 0.2) is 0 Å². The average molecular weight is 768 g/mol. The minimum Gasteiger partial charge on any atom is -1.00 e. The Balaban J connectivity index is 0.000000506. The van der Waals surface area contributed by atoms with Crippen molar-refractivity contribution in [3.8, 4) is 22.3 Å². The number of aryl methyl sites for hydroxylation is 2. The summed E-state index contributed by atoms with van der Waals surface area (Å²) >= 11 is 0. The van der Waals surface area contributed by atoms with Crippen LogP contribution >= 0.6 is 0 Å². The van der Waals surface area contributed by atoms with Crippen LogP contribution in [0.5, 0.6) is 0 Å². The van der Waals surface area contributed by atoms with Gasteiger partial charge in [-0.15, -0.1) is 46.2 Å². The van der Waals surface area contributed by atoms with Crippen LogP contribution < -0.4 is 24.8 Å². The van der Waals surface area contributed by atoms with E-state index in [0.717, 1.165) is 6.42 Å². The maximum atomic E-state index is 2.99. The summed E-state index contributed by atoms with van der Waals surface area (Å²) in [6, 6.07) is 29.8. The molecule has 3 heteroatoms. The number of rotatable bonds is 2. The third kappa shape index (κ3) is 10.6. The fraction of sp³-hybridized carbons (Fsp3) is 0.348. The van der Waals surface area contributed by atoms with Crippen LogP contribution in [0.15, 0.2) is 97.1 Å². The Kier molecular flexibility index (Phi) is 16.4. The second kappa shape index (κ2) is 18.8. The molecule has 5 aromatic rings. The van der Waals surface area contributed by atoms with Crippen molar-refractivity contribution in [1.82, 2.24) is 0 Å². The molecule has 5 aromatic carbocycles. The number of hydrogen-bond acceptors (Lipinski definition) is 0. The summed E-state index contributed by atoms with van der Waals surface area (Å²) < 4.78 is 0. The summed E-state index contributed by atoms with van der Waals surface area (Å²) in [7, 11) is 0. The SMILES string of the molecule is Cc1ccccc1-c1cc2[cH-]c3cc(-c4ccccc4C)c(C(C)(C)C)cc3c2cc1C(C)(C)C.[C-]1=CC=CC1.[CH-]1CCCCC1.[Cl-].[Cl-].[Zr+2]. The molecule has 1 fully saturated rings. The summed E-state index contributed by atoms with van der Waals surface area (Å²) in [4.78, 5) is 0. The topological polar surface area (TPSA) is 0 Å². The first kappa shape index (κ1) is 42.9. The van der Waals surface area contributed by atoms with Crippen LogP contribution in [-0.2, 0) is 37.0 Å². The van der Waals surface area contributed by atoms with Gasteiger partial charge in [-0.2, -0.15) is 18.9 Å². The Hall–Kier alpha value is -2.31. The van der Waals surface area contributed by atoms with E-state index in [1.807, 2.05) is 12.2 Å². The second-order valence-corrected chi connectivity index (χ2v) is 15.2. The molecule has 2 aliphatic rings. The predicted molar refractivity (Wildman–Crippen MR) is 204 cm³/mol. The molecule has 0 atom stereocenters. The molecule has 2 aliphatic carbocycles. The smallest absolute Gasteiger partial charge is 1.00 e. The molecular formula is C46H53Cl2Zr-3.